The standard InChI is InChI=1S/C20H16ClF3N2OS/c1-2-12-3-5-13(6-4-12)18(27)26-19-25-11-16(28-19)10-14-9-15(21)7-8-17(14)20(22,23)24/h3-9,11H,2,10H2,1H3,(H,25,26,27). The van der Waals surface area contributed by atoms with Crippen LogP contribution in [0.3, 0.4) is 0 Å². The average Bonchev–Trinajstić information content (AvgIpc) is 3.07. The van der Waals surface area contributed by atoms with E-state index in [0.29, 0.717) is 15.6 Å². The molecule has 1 heterocycles. The van der Waals surface area contributed by atoms with Gasteiger partial charge < -0.3 is 0 Å². The molecule has 1 aromatic heterocycles. The van der Waals surface area contributed by atoms with Gasteiger partial charge in [0.2, 0.25) is 0 Å². The molecule has 3 rings (SSSR count). The van der Waals surface area contributed by atoms with Crippen molar-refractivity contribution in [3.63, 3.8) is 0 Å². The number of nitrogens with one attached hydrogen (secondary N) is 1. The Morgan fingerprint density at radius 2 is 1.89 bits per heavy atom. The highest BCUT2D eigenvalue weighted by Gasteiger charge is 2.33. The Balaban J connectivity index is 1.74. The van der Waals surface area contributed by atoms with E-state index in [0.717, 1.165) is 29.4 Å². The summed E-state index contributed by atoms with van der Waals surface area (Å²) in [6.45, 7) is 2.02. The van der Waals surface area contributed by atoms with E-state index in [1.54, 1.807) is 12.1 Å². The Kier molecular flexibility index (Phi) is 6.05. The van der Waals surface area contributed by atoms with Crippen molar-refractivity contribution < 1.29 is 18.0 Å². The molecular formula is C20H16ClF3N2OS. The summed E-state index contributed by atoms with van der Waals surface area (Å²) in [6, 6.07) is 10.7. The predicted octanol–water partition coefficient (Wildman–Crippen LogP) is 6.22. The van der Waals surface area contributed by atoms with Crippen molar-refractivity contribution in [3.05, 3.63) is 80.8 Å². The number of aryl methyl sites for hydroxylation is 1. The highest BCUT2D eigenvalue weighted by Crippen LogP contribution is 2.35. The van der Waals surface area contributed by atoms with Gasteiger partial charge >= 0.3 is 6.18 Å². The molecule has 1 N–H and O–H groups in total. The average molecular weight is 425 g/mol. The zero-order valence-corrected chi connectivity index (χ0v) is 16.4. The summed E-state index contributed by atoms with van der Waals surface area (Å²) in [7, 11) is 0. The number of nitrogens with zero attached hydrogens (tertiary/aromatic N) is 1. The molecule has 0 fully saturated rings. The van der Waals surface area contributed by atoms with Crippen LogP contribution in [0.2, 0.25) is 5.02 Å². The normalized spacial score (nSPS) is 11.5. The molecular weight excluding hydrogens is 409 g/mol. The second kappa shape index (κ2) is 8.32. The first-order valence-electron chi connectivity index (χ1n) is 8.47. The predicted molar refractivity (Wildman–Crippen MR) is 105 cm³/mol. The summed E-state index contributed by atoms with van der Waals surface area (Å²) in [4.78, 5) is 17.0. The van der Waals surface area contributed by atoms with Crippen molar-refractivity contribution in [2.24, 2.45) is 0 Å². The molecule has 3 aromatic rings. The largest absolute Gasteiger partial charge is 0.416 e. The topological polar surface area (TPSA) is 42.0 Å². The first-order valence-corrected chi connectivity index (χ1v) is 9.66. The van der Waals surface area contributed by atoms with Crippen LogP contribution in [0.25, 0.3) is 0 Å². The maximum atomic E-state index is 13.2. The Bertz CT molecular complexity index is 984. The van der Waals surface area contributed by atoms with Gasteiger partial charge in [-0.25, -0.2) is 4.98 Å². The summed E-state index contributed by atoms with van der Waals surface area (Å²) in [5.74, 6) is -0.317. The van der Waals surface area contributed by atoms with Crippen LogP contribution in [0, 0.1) is 0 Å². The second-order valence-corrected chi connectivity index (χ2v) is 7.66. The van der Waals surface area contributed by atoms with Gasteiger partial charge in [0.15, 0.2) is 5.13 Å². The first kappa shape index (κ1) is 20.4. The lowest BCUT2D eigenvalue weighted by atomic mass is 10.0. The number of halogens is 4. The van der Waals surface area contributed by atoms with Gasteiger partial charge in [-0.15, -0.1) is 11.3 Å². The molecule has 0 atom stereocenters. The third-order valence-electron chi connectivity index (χ3n) is 4.14. The molecule has 0 bridgehead atoms. The number of hydrogen-bond donors (Lipinski definition) is 1. The number of hydrogen-bond acceptors (Lipinski definition) is 3. The van der Waals surface area contributed by atoms with Crippen molar-refractivity contribution >= 4 is 34.0 Å². The van der Waals surface area contributed by atoms with E-state index in [4.69, 9.17) is 11.6 Å². The Hall–Kier alpha value is -2.38. The Morgan fingerprint density at radius 1 is 1.18 bits per heavy atom. The third-order valence-corrected chi connectivity index (χ3v) is 5.28. The maximum Gasteiger partial charge on any atom is 0.416 e. The zero-order valence-electron chi connectivity index (χ0n) is 14.8. The van der Waals surface area contributed by atoms with E-state index in [2.05, 4.69) is 10.3 Å². The lowest BCUT2D eigenvalue weighted by molar-refractivity contribution is -0.138. The fourth-order valence-corrected chi connectivity index (χ4v) is 3.71. The number of rotatable bonds is 5. The number of carbonyl (C=O) groups is 1. The summed E-state index contributed by atoms with van der Waals surface area (Å²) in [5, 5.41) is 3.24. The Labute approximate surface area is 169 Å². The van der Waals surface area contributed by atoms with Gasteiger partial charge in [0.25, 0.3) is 5.91 Å². The molecule has 8 heteroatoms. The monoisotopic (exact) mass is 424 g/mol. The van der Waals surface area contributed by atoms with Crippen LogP contribution < -0.4 is 5.32 Å². The Morgan fingerprint density at radius 3 is 2.54 bits per heavy atom. The van der Waals surface area contributed by atoms with Crippen LogP contribution >= 0.6 is 22.9 Å². The molecule has 0 saturated carbocycles. The van der Waals surface area contributed by atoms with E-state index in [1.165, 1.54) is 18.3 Å². The number of thiazole rings is 1. The van der Waals surface area contributed by atoms with Gasteiger partial charge in [0.1, 0.15) is 0 Å². The highest BCUT2D eigenvalue weighted by molar-refractivity contribution is 7.15. The van der Waals surface area contributed by atoms with E-state index >= 15 is 0 Å². The van der Waals surface area contributed by atoms with Crippen molar-refractivity contribution in [1.29, 1.82) is 0 Å². The molecule has 1 amide bonds. The minimum Gasteiger partial charge on any atom is -0.298 e. The number of aromatic nitrogens is 1. The van der Waals surface area contributed by atoms with Gasteiger partial charge in [-0.1, -0.05) is 30.7 Å². The molecule has 146 valence electrons. The lowest BCUT2D eigenvalue weighted by Crippen LogP contribution is -2.11. The third kappa shape index (κ3) is 4.91. The van der Waals surface area contributed by atoms with Crippen molar-refractivity contribution in [2.45, 2.75) is 25.9 Å². The molecule has 0 unspecified atom stereocenters. The van der Waals surface area contributed by atoms with Gasteiger partial charge in [0.05, 0.1) is 5.56 Å². The van der Waals surface area contributed by atoms with E-state index in [-0.39, 0.29) is 22.9 Å². The van der Waals surface area contributed by atoms with Crippen molar-refractivity contribution in [1.82, 2.24) is 4.98 Å². The van der Waals surface area contributed by atoms with Gasteiger partial charge in [-0.2, -0.15) is 13.2 Å². The molecule has 2 aromatic carbocycles. The minimum atomic E-state index is -4.47. The first-order chi connectivity index (χ1) is 13.3. The van der Waals surface area contributed by atoms with E-state index in [9.17, 15) is 18.0 Å². The summed E-state index contributed by atoms with van der Waals surface area (Å²) in [6.07, 6.45) is -2.11. The molecule has 0 radical (unpaired) electrons. The molecule has 0 saturated heterocycles. The van der Waals surface area contributed by atoms with Gasteiger partial charge in [0, 0.05) is 28.1 Å². The van der Waals surface area contributed by atoms with Crippen molar-refractivity contribution in [2.75, 3.05) is 5.32 Å². The quantitative estimate of drug-likeness (QED) is 0.528. The highest BCUT2D eigenvalue weighted by atomic mass is 35.5. The zero-order chi connectivity index (χ0) is 20.3. The van der Waals surface area contributed by atoms with Crippen LogP contribution in [-0.4, -0.2) is 10.9 Å². The maximum absolute atomic E-state index is 13.2. The minimum absolute atomic E-state index is 0.0220. The number of carbonyl (C=O) groups excluding carboxylic acids is 1. The van der Waals surface area contributed by atoms with Crippen LogP contribution in [0.4, 0.5) is 18.3 Å². The second-order valence-electron chi connectivity index (χ2n) is 6.11. The molecule has 3 nitrogen and oxygen atoms in total. The van der Waals surface area contributed by atoms with Gasteiger partial charge in [-0.05, 0) is 47.9 Å². The summed E-state index contributed by atoms with van der Waals surface area (Å²) < 4.78 is 39.6. The van der Waals surface area contributed by atoms with Crippen LogP contribution in [0.15, 0.2) is 48.7 Å². The van der Waals surface area contributed by atoms with Crippen LogP contribution in [0.1, 0.15) is 38.8 Å². The fourth-order valence-electron chi connectivity index (χ4n) is 2.68. The fraction of sp³-hybridized carbons (Fsp3) is 0.200. The van der Waals surface area contributed by atoms with E-state index < -0.39 is 11.7 Å². The molecule has 0 aliphatic rings. The number of amides is 1. The molecule has 0 aliphatic heterocycles. The van der Waals surface area contributed by atoms with Crippen LogP contribution in [-0.2, 0) is 19.0 Å². The number of alkyl halides is 3. The smallest absolute Gasteiger partial charge is 0.298 e. The number of anilines is 1. The van der Waals surface area contributed by atoms with E-state index in [1.807, 2.05) is 19.1 Å². The SMILES string of the molecule is CCc1ccc(C(=O)Nc2ncc(Cc3cc(Cl)ccc3C(F)(F)F)s2)cc1. The van der Waals surface area contributed by atoms with Crippen LogP contribution in [0.5, 0.6) is 0 Å². The summed E-state index contributed by atoms with van der Waals surface area (Å²) in [5.41, 5.74) is 0.946. The molecule has 0 aliphatic carbocycles. The van der Waals surface area contributed by atoms with Gasteiger partial charge in [-0.3, -0.25) is 10.1 Å². The number of benzene rings is 2. The lowest BCUT2D eigenvalue weighted by Gasteiger charge is -2.12. The molecule has 0 spiro atoms. The summed E-state index contributed by atoms with van der Waals surface area (Å²) >= 11 is 6.99. The molecule has 28 heavy (non-hydrogen) atoms. The van der Waals surface area contributed by atoms with Crippen molar-refractivity contribution in [3.8, 4) is 0 Å².